The van der Waals surface area contributed by atoms with Crippen molar-refractivity contribution in [2.75, 3.05) is 32.7 Å². The summed E-state index contributed by atoms with van der Waals surface area (Å²) < 4.78 is 0. The maximum atomic E-state index is 10.1. The number of benzene rings is 1. The Morgan fingerprint density at radius 2 is 1.75 bits per heavy atom. The smallest absolute Gasteiger partial charge is 0.0914 e. The summed E-state index contributed by atoms with van der Waals surface area (Å²) in [5, 5.41) is 13.4. The van der Waals surface area contributed by atoms with Crippen molar-refractivity contribution in [1.29, 1.82) is 0 Å². The van der Waals surface area contributed by atoms with E-state index < -0.39 is 6.10 Å². The number of aliphatic hydroxyl groups excluding tert-OH is 1. The highest BCUT2D eigenvalue weighted by molar-refractivity contribution is 5.23. The van der Waals surface area contributed by atoms with Crippen LogP contribution in [0.3, 0.4) is 0 Å². The van der Waals surface area contributed by atoms with Crippen LogP contribution in [0.25, 0.3) is 0 Å². The summed E-state index contributed by atoms with van der Waals surface area (Å²) in [5.74, 6) is 0. The van der Waals surface area contributed by atoms with Gasteiger partial charge < -0.3 is 15.3 Å². The summed E-state index contributed by atoms with van der Waals surface area (Å²) >= 11 is 0. The molecule has 0 aromatic heterocycles. The van der Waals surface area contributed by atoms with E-state index in [0.717, 1.165) is 31.6 Å². The quantitative estimate of drug-likeness (QED) is 0.646. The third-order valence-corrected chi connectivity index (χ3v) is 3.77. The largest absolute Gasteiger partial charge is 0.387 e. The van der Waals surface area contributed by atoms with E-state index in [0.29, 0.717) is 6.54 Å². The summed E-state index contributed by atoms with van der Waals surface area (Å²) in [6, 6.07) is 8.09. The minimum Gasteiger partial charge on any atom is -0.387 e. The molecule has 1 aromatic rings. The number of aryl methyl sites for hydroxylation is 1. The Bertz CT molecular complexity index is 347. The molecule has 3 nitrogen and oxygen atoms in total. The van der Waals surface area contributed by atoms with Crippen molar-refractivity contribution in [1.82, 2.24) is 10.2 Å². The van der Waals surface area contributed by atoms with Gasteiger partial charge in [-0.1, -0.05) is 43.7 Å². The van der Waals surface area contributed by atoms with E-state index >= 15 is 0 Å². The van der Waals surface area contributed by atoms with Crippen molar-refractivity contribution in [3.8, 4) is 0 Å². The average molecular weight is 278 g/mol. The molecular formula is C17H30N2O. The lowest BCUT2D eigenvalue weighted by molar-refractivity contribution is 0.174. The summed E-state index contributed by atoms with van der Waals surface area (Å²) in [6.07, 6.45) is 1.98. The molecule has 0 spiro atoms. The zero-order chi connectivity index (χ0) is 14.8. The normalized spacial score (nSPS) is 12.8. The van der Waals surface area contributed by atoms with Crippen molar-refractivity contribution in [2.45, 2.75) is 39.7 Å². The average Bonchev–Trinajstić information content (AvgIpc) is 2.47. The van der Waals surface area contributed by atoms with E-state index in [-0.39, 0.29) is 0 Å². The lowest BCUT2D eigenvalue weighted by atomic mass is 10.1. The molecule has 2 N–H and O–H groups in total. The van der Waals surface area contributed by atoms with Crippen LogP contribution in [0.4, 0.5) is 0 Å². The van der Waals surface area contributed by atoms with Crippen molar-refractivity contribution >= 4 is 0 Å². The Balaban J connectivity index is 2.10. The second kappa shape index (κ2) is 9.92. The van der Waals surface area contributed by atoms with Gasteiger partial charge in [-0.2, -0.15) is 0 Å². The monoisotopic (exact) mass is 278 g/mol. The number of rotatable bonds is 10. The topological polar surface area (TPSA) is 35.5 Å². The van der Waals surface area contributed by atoms with Gasteiger partial charge in [-0.05, 0) is 51.5 Å². The van der Waals surface area contributed by atoms with Gasteiger partial charge in [0.15, 0.2) is 0 Å². The fraction of sp³-hybridized carbons (Fsp3) is 0.647. The van der Waals surface area contributed by atoms with E-state index in [1.54, 1.807) is 0 Å². The summed E-state index contributed by atoms with van der Waals surface area (Å²) in [5.41, 5.74) is 2.22. The second-order valence-corrected chi connectivity index (χ2v) is 5.36. The summed E-state index contributed by atoms with van der Waals surface area (Å²) in [6.45, 7) is 11.5. The highest BCUT2D eigenvalue weighted by Crippen LogP contribution is 2.12. The van der Waals surface area contributed by atoms with Gasteiger partial charge in [0.05, 0.1) is 6.10 Å². The van der Waals surface area contributed by atoms with Crippen LogP contribution in [0.2, 0.25) is 0 Å². The van der Waals surface area contributed by atoms with Crippen molar-refractivity contribution in [3.05, 3.63) is 35.4 Å². The molecule has 3 heteroatoms. The molecule has 0 fully saturated rings. The van der Waals surface area contributed by atoms with E-state index in [9.17, 15) is 5.11 Å². The Hall–Kier alpha value is -0.900. The molecule has 0 aliphatic heterocycles. The maximum Gasteiger partial charge on any atom is 0.0914 e. The van der Waals surface area contributed by atoms with Crippen LogP contribution in [-0.4, -0.2) is 42.7 Å². The van der Waals surface area contributed by atoms with Crippen LogP contribution >= 0.6 is 0 Å². The van der Waals surface area contributed by atoms with Gasteiger partial charge in [0.2, 0.25) is 0 Å². The first-order chi connectivity index (χ1) is 9.67. The number of hydrogen-bond acceptors (Lipinski definition) is 3. The highest BCUT2D eigenvalue weighted by atomic mass is 16.3. The number of unbranched alkanes of at least 4 members (excludes halogenated alkanes) is 1. The Labute approximate surface area is 124 Å². The number of aliphatic hydroxyl groups is 1. The Morgan fingerprint density at radius 1 is 1.10 bits per heavy atom. The van der Waals surface area contributed by atoms with Crippen LogP contribution in [0.1, 0.15) is 43.9 Å². The molecule has 114 valence electrons. The third-order valence-electron chi connectivity index (χ3n) is 3.77. The highest BCUT2D eigenvalue weighted by Gasteiger charge is 2.06. The first kappa shape index (κ1) is 17.2. The molecule has 0 radical (unpaired) electrons. The van der Waals surface area contributed by atoms with Gasteiger partial charge in [0.25, 0.3) is 0 Å². The molecule has 0 saturated carbocycles. The van der Waals surface area contributed by atoms with Gasteiger partial charge in [0, 0.05) is 6.54 Å². The molecule has 0 aliphatic carbocycles. The van der Waals surface area contributed by atoms with E-state index in [4.69, 9.17) is 0 Å². The third kappa shape index (κ3) is 6.51. The van der Waals surface area contributed by atoms with Gasteiger partial charge in [-0.3, -0.25) is 0 Å². The molecule has 0 bridgehead atoms. The van der Waals surface area contributed by atoms with Crippen LogP contribution in [0.15, 0.2) is 24.3 Å². The lowest BCUT2D eigenvalue weighted by Crippen LogP contribution is -2.26. The molecule has 0 amide bonds. The summed E-state index contributed by atoms with van der Waals surface area (Å²) in [4.78, 5) is 2.45. The minimum atomic E-state index is -0.404. The first-order valence-electron chi connectivity index (χ1n) is 7.85. The molecule has 1 rings (SSSR count). The zero-order valence-electron chi connectivity index (χ0n) is 13.2. The Morgan fingerprint density at radius 3 is 2.35 bits per heavy atom. The molecule has 20 heavy (non-hydrogen) atoms. The van der Waals surface area contributed by atoms with Crippen LogP contribution < -0.4 is 5.32 Å². The van der Waals surface area contributed by atoms with Gasteiger partial charge in [0.1, 0.15) is 0 Å². The number of nitrogens with zero attached hydrogens (tertiary/aromatic N) is 1. The predicted molar refractivity (Wildman–Crippen MR) is 86.0 cm³/mol. The SMILES string of the molecule is CCN(CC)CCCCNCC(O)c1ccc(C)cc1. The van der Waals surface area contributed by atoms with Crippen molar-refractivity contribution in [3.63, 3.8) is 0 Å². The number of nitrogens with one attached hydrogen (secondary N) is 1. The molecule has 1 atom stereocenters. The van der Waals surface area contributed by atoms with E-state index in [2.05, 4.69) is 31.0 Å². The Kier molecular flexibility index (Phi) is 8.51. The van der Waals surface area contributed by atoms with Crippen molar-refractivity contribution in [2.24, 2.45) is 0 Å². The predicted octanol–water partition coefficient (Wildman–Crippen LogP) is 2.74. The standard InChI is InChI=1S/C17H30N2O/c1-4-19(5-2)13-7-6-12-18-14-17(20)16-10-8-15(3)9-11-16/h8-11,17-18,20H,4-7,12-14H2,1-3H3. The fourth-order valence-corrected chi connectivity index (χ4v) is 2.27. The zero-order valence-corrected chi connectivity index (χ0v) is 13.2. The molecule has 1 aromatic carbocycles. The molecule has 0 saturated heterocycles. The van der Waals surface area contributed by atoms with Gasteiger partial charge in [-0.15, -0.1) is 0 Å². The van der Waals surface area contributed by atoms with Crippen LogP contribution in [-0.2, 0) is 0 Å². The number of hydrogen-bond donors (Lipinski definition) is 2. The first-order valence-corrected chi connectivity index (χ1v) is 7.85. The van der Waals surface area contributed by atoms with Crippen LogP contribution in [0.5, 0.6) is 0 Å². The lowest BCUT2D eigenvalue weighted by Gasteiger charge is -2.17. The van der Waals surface area contributed by atoms with E-state index in [1.165, 1.54) is 18.5 Å². The molecule has 0 heterocycles. The molecule has 1 unspecified atom stereocenters. The van der Waals surface area contributed by atoms with Crippen LogP contribution in [0, 0.1) is 6.92 Å². The van der Waals surface area contributed by atoms with E-state index in [1.807, 2.05) is 24.3 Å². The fourth-order valence-electron chi connectivity index (χ4n) is 2.27. The van der Waals surface area contributed by atoms with Gasteiger partial charge >= 0.3 is 0 Å². The van der Waals surface area contributed by atoms with Crippen molar-refractivity contribution < 1.29 is 5.11 Å². The summed E-state index contributed by atoms with van der Waals surface area (Å²) in [7, 11) is 0. The maximum absolute atomic E-state index is 10.1. The molecule has 0 aliphatic rings. The molecular weight excluding hydrogens is 248 g/mol. The second-order valence-electron chi connectivity index (χ2n) is 5.36. The van der Waals surface area contributed by atoms with Gasteiger partial charge in [-0.25, -0.2) is 0 Å². The minimum absolute atomic E-state index is 0.404.